The van der Waals surface area contributed by atoms with Gasteiger partial charge in [-0.05, 0) is 86.4 Å². The molecule has 3 unspecified atom stereocenters. The maximum Gasteiger partial charge on any atom is 0.419 e. The first kappa shape index (κ1) is 81.0. The van der Waals surface area contributed by atoms with Gasteiger partial charge in [-0.25, -0.2) is 30.6 Å². The number of pyridine rings is 3. The molecule has 3 saturated heterocycles. The van der Waals surface area contributed by atoms with Crippen molar-refractivity contribution in [1.29, 1.82) is 0 Å². The lowest BCUT2D eigenvalue weighted by Crippen LogP contribution is -2.35. The summed E-state index contributed by atoms with van der Waals surface area (Å²) in [5.41, 5.74) is -4.30. The third kappa shape index (κ3) is 18.7. The van der Waals surface area contributed by atoms with Crippen LogP contribution >= 0.6 is 55.4 Å². The minimum Gasteiger partial charge on any atom is -0.392 e. The van der Waals surface area contributed by atoms with E-state index in [1.165, 1.54) is 59.8 Å². The molecule has 3 amide bonds. The highest BCUT2D eigenvalue weighted by Gasteiger charge is 2.38. The van der Waals surface area contributed by atoms with Gasteiger partial charge < -0.3 is 43.5 Å². The summed E-state index contributed by atoms with van der Waals surface area (Å²) < 4.78 is 214. The molecule has 3 aliphatic rings. The van der Waals surface area contributed by atoms with Crippen LogP contribution < -0.4 is 16.7 Å². The fourth-order valence-corrected chi connectivity index (χ4v) is 15.0. The van der Waals surface area contributed by atoms with Gasteiger partial charge in [-0.1, -0.05) is 25.6 Å². The van der Waals surface area contributed by atoms with E-state index in [0.717, 1.165) is 50.0 Å². The number of nitrogens with zero attached hydrogens (tertiary/aromatic N) is 7. The van der Waals surface area contributed by atoms with E-state index in [-0.39, 0.29) is 122 Å². The molecule has 0 radical (unpaired) electrons. The van der Waals surface area contributed by atoms with E-state index in [2.05, 4.69) is 21.4 Å². The number of fused-ring (bicyclic) bond motifs is 3. The number of halogens is 17. The van der Waals surface area contributed by atoms with Crippen molar-refractivity contribution in [3.05, 3.63) is 171 Å². The van der Waals surface area contributed by atoms with Gasteiger partial charge in [0.15, 0.2) is 0 Å². The molecule has 0 aliphatic carbocycles. The van der Waals surface area contributed by atoms with Crippen LogP contribution in [0, 0.1) is 17.5 Å². The van der Waals surface area contributed by atoms with E-state index >= 15 is 0 Å². The van der Waals surface area contributed by atoms with Crippen LogP contribution in [0.5, 0.6) is 0 Å². The predicted octanol–water partition coefficient (Wildman–Crippen LogP) is 14.1. The van der Waals surface area contributed by atoms with Crippen LogP contribution in [0.4, 0.5) is 65.9 Å². The number of benzene rings is 3. The SMILES string of the molecule is C.CN(C)Cc1cn(CC(=O)N2CCC(F)C2)c(=O)c2c(-c3ccc(F)c(C(F)(F)F)c3)csc12.O=C(Cn1cc(CO)c2scc(-c3ccc(F)c(C(F)(F)F)c3)c2c1=O)N1CCC(F)C1.O=C(Cn1cc(CO)c2scc(-c3ccc(F)c(C(F)(F)F)c3)c2c1=O)N1CCC(F)C1.O=S(Cl)Cl. The van der Waals surface area contributed by atoms with Crippen molar-refractivity contribution in [2.75, 3.05) is 53.4 Å². The summed E-state index contributed by atoms with van der Waals surface area (Å²) in [5, 5.41) is 24.2. The van der Waals surface area contributed by atoms with Gasteiger partial charge in [0.1, 0.15) is 55.6 Å². The van der Waals surface area contributed by atoms with Crippen LogP contribution in [-0.4, -0.2) is 137 Å². The Kier molecular flexibility index (Phi) is 26.1. The standard InChI is InChI=1S/C23H22F5N3O2S.2C21H17F5N2O3S.CH4.Cl2OS/c1-29(2)8-14-9-31(11-19(32)30-6-5-15(24)10-30)22(33)20-16(12-34-21(14)20)13-3-4-18(25)17(7-13)23(26,27)28;2*22-13-3-4-27(7-13)17(30)8-28-6-12(9-29)19-18(20(28)31)14(10-32-19)11-1-2-16(23)15(5-11)21(24,25)26;;1-4(2)3/h3-4,7,9,12,15H,5-6,8,10-11H2,1-2H3;2*1-2,5-6,10,13,29H,3-4,7-9H2;1H4;. The average Bonchev–Trinajstić information content (AvgIpc) is 1.66. The number of alkyl halides is 12. The molecule has 3 atom stereocenters. The fraction of sp³-hybridized carbons (Fsp3) is 0.364. The molecular weight excluding hydrogens is 1520 g/mol. The summed E-state index contributed by atoms with van der Waals surface area (Å²) in [6, 6.07) is 7.51. The van der Waals surface area contributed by atoms with Gasteiger partial charge in [-0.15, -0.1) is 34.0 Å². The summed E-state index contributed by atoms with van der Waals surface area (Å²) in [7, 11) is 11.0. The predicted molar refractivity (Wildman–Crippen MR) is 364 cm³/mol. The number of carbonyl (C=O) groups is 3. The van der Waals surface area contributed by atoms with Gasteiger partial charge in [-0.2, -0.15) is 39.5 Å². The fourth-order valence-electron chi connectivity index (χ4n) is 11.7. The van der Waals surface area contributed by atoms with Crippen molar-refractivity contribution in [2.24, 2.45) is 0 Å². The normalized spacial score (nSPS) is 16.3. The lowest BCUT2D eigenvalue weighted by atomic mass is 10.0. The Hall–Kier alpha value is -7.64. The number of aliphatic hydroxyl groups is 2. The van der Waals surface area contributed by atoms with Gasteiger partial charge in [0.05, 0.1) is 65.7 Å². The number of aliphatic hydroxyl groups excluding tert-OH is 2. The largest absolute Gasteiger partial charge is 0.419 e. The van der Waals surface area contributed by atoms with E-state index in [1.54, 1.807) is 11.6 Å². The van der Waals surface area contributed by atoms with Crippen molar-refractivity contribution in [1.82, 2.24) is 33.3 Å². The van der Waals surface area contributed by atoms with Crippen LogP contribution in [0.1, 0.15) is 60.1 Å². The number of thiophene rings is 3. The molecular formula is C66H60Cl2F15N7O9S4. The molecule has 37 heteroatoms. The van der Waals surface area contributed by atoms with Gasteiger partial charge >= 0.3 is 18.5 Å². The molecule has 9 aromatic rings. The number of amides is 3. The summed E-state index contributed by atoms with van der Waals surface area (Å²) in [5.74, 6) is -5.63. The second kappa shape index (κ2) is 33.2. The van der Waals surface area contributed by atoms with E-state index in [9.17, 15) is 105 Å². The van der Waals surface area contributed by atoms with Crippen LogP contribution in [0.25, 0.3) is 63.6 Å². The Balaban J connectivity index is 0.000000190. The lowest BCUT2D eigenvalue weighted by Gasteiger charge is -2.18. The van der Waals surface area contributed by atoms with Crippen molar-refractivity contribution in [3.63, 3.8) is 0 Å². The number of likely N-dealkylation sites (tertiary alicyclic amines) is 3. The van der Waals surface area contributed by atoms with Crippen LogP contribution in [0.2, 0.25) is 0 Å². The third-order valence-corrected chi connectivity index (χ3v) is 19.7. The Labute approximate surface area is 598 Å². The molecule has 6 aromatic heterocycles. The smallest absolute Gasteiger partial charge is 0.392 e. The molecule has 0 spiro atoms. The second-order valence-corrected chi connectivity index (χ2v) is 29.0. The average molecular weight is 1580 g/mol. The van der Waals surface area contributed by atoms with Crippen molar-refractivity contribution in [3.8, 4) is 33.4 Å². The van der Waals surface area contributed by atoms with E-state index in [0.29, 0.717) is 67.7 Å². The lowest BCUT2D eigenvalue weighted by molar-refractivity contribution is -0.140. The van der Waals surface area contributed by atoms with Crippen molar-refractivity contribution >= 4 is 113 Å². The Morgan fingerprint density at radius 2 is 0.767 bits per heavy atom. The summed E-state index contributed by atoms with van der Waals surface area (Å²) in [4.78, 5) is 83.2. The van der Waals surface area contributed by atoms with E-state index in [1.807, 2.05) is 19.0 Å². The minimum atomic E-state index is -4.92. The first-order valence-corrected chi connectivity index (χ1v) is 35.7. The molecule has 16 nitrogen and oxygen atoms in total. The van der Waals surface area contributed by atoms with Gasteiger partial charge in [-0.3, -0.25) is 28.8 Å². The molecule has 9 heterocycles. The zero-order chi connectivity index (χ0) is 74.8. The zero-order valence-corrected chi connectivity index (χ0v) is 57.7. The monoisotopic (exact) mass is 1580 g/mol. The maximum atomic E-state index is 13.8. The Morgan fingerprint density at radius 3 is 1.00 bits per heavy atom. The van der Waals surface area contributed by atoms with Crippen LogP contribution in [-0.2, 0) is 81.5 Å². The second-order valence-electron chi connectivity index (χ2n) is 23.8. The number of hydrogen-bond acceptors (Lipinski definition) is 13. The highest BCUT2D eigenvalue weighted by atomic mass is 36.0. The van der Waals surface area contributed by atoms with Gasteiger partial charge in [0, 0.05) is 130 Å². The molecule has 103 heavy (non-hydrogen) atoms. The number of carbonyl (C=O) groups excluding carboxylic acids is 3. The minimum absolute atomic E-state index is 0. The molecule has 3 aromatic carbocycles. The van der Waals surface area contributed by atoms with Crippen molar-refractivity contribution < 1.29 is 94.7 Å². The zero-order valence-electron chi connectivity index (χ0n) is 52.9. The highest BCUT2D eigenvalue weighted by Crippen LogP contribution is 2.42. The summed E-state index contributed by atoms with van der Waals surface area (Å²) in [6.07, 6.45) is -13.2. The summed E-state index contributed by atoms with van der Waals surface area (Å²) in [6.45, 7) is -1.09. The third-order valence-electron chi connectivity index (χ3n) is 16.5. The van der Waals surface area contributed by atoms with E-state index < -0.39 is 141 Å². The quantitative estimate of drug-likeness (QED) is 0.0830. The molecule has 0 bridgehead atoms. The van der Waals surface area contributed by atoms with Crippen LogP contribution in [0.15, 0.2) is 104 Å². The van der Waals surface area contributed by atoms with E-state index in [4.69, 9.17) is 4.21 Å². The Bertz CT molecular complexity index is 4670. The first-order valence-electron chi connectivity index (χ1n) is 30.3. The molecule has 12 rings (SSSR count). The van der Waals surface area contributed by atoms with Gasteiger partial charge in [0.2, 0.25) is 26.9 Å². The topological polar surface area (TPSA) is 188 Å². The Morgan fingerprint density at radius 1 is 0.505 bits per heavy atom. The molecule has 2 N–H and O–H groups in total. The number of aromatic nitrogens is 3. The molecule has 3 aliphatic heterocycles. The molecule has 3 fully saturated rings. The van der Waals surface area contributed by atoms with Gasteiger partial charge in [0.25, 0.3) is 16.7 Å². The first-order chi connectivity index (χ1) is 47.9. The maximum absolute atomic E-state index is 13.8. The van der Waals surface area contributed by atoms with Crippen LogP contribution in [0.3, 0.4) is 0 Å². The molecule has 556 valence electrons. The van der Waals surface area contributed by atoms with Crippen molar-refractivity contribution in [2.45, 2.75) is 103 Å². The number of rotatable bonds is 13. The summed E-state index contributed by atoms with van der Waals surface area (Å²) >= 11 is 3.31. The molecule has 0 saturated carbocycles. The highest BCUT2D eigenvalue weighted by molar-refractivity contribution is 8.26. The number of hydrogen-bond donors (Lipinski definition) is 2.